The van der Waals surface area contributed by atoms with Crippen molar-refractivity contribution in [1.29, 1.82) is 0 Å². The van der Waals surface area contributed by atoms with E-state index in [1.54, 1.807) is 0 Å². The highest BCUT2D eigenvalue weighted by molar-refractivity contribution is 5.71. The zero-order chi connectivity index (χ0) is 59.9. The fourth-order valence-electron chi connectivity index (χ4n) is 11.7. The SMILES string of the molecule is CCCCCCCCCC/C=C\CCCCCCCCCCCCCC(=O)OCC(COC(=O)CCCCCCCCCCCCCCCCCCCCCCC)OC(=O)CCCCCCCCCCC/C=C\CCCCCCCCCC. The van der Waals surface area contributed by atoms with Crippen LogP contribution in [0.5, 0.6) is 0 Å². The van der Waals surface area contributed by atoms with E-state index in [0.29, 0.717) is 19.3 Å². The molecule has 0 aromatic rings. The number of ether oxygens (including phenoxy) is 3. The molecular weight excluding hydrogens is 1020 g/mol. The number of carbonyl (C=O) groups is 3. The third-order valence-electron chi connectivity index (χ3n) is 17.4. The lowest BCUT2D eigenvalue weighted by Gasteiger charge is -2.18. The second kappa shape index (κ2) is 72.4. The van der Waals surface area contributed by atoms with Crippen molar-refractivity contribution < 1.29 is 28.6 Å². The highest BCUT2D eigenvalue weighted by Crippen LogP contribution is 2.19. The average molecular weight is 1170 g/mol. The average Bonchev–Trinajstić information content (AvgIpc) is 3.49. The molecule has 490 valence electrons. The quantitative estimate of drug-likeness (QED) is 0.0261. The molecule has 0 saturated heterocycles. The largest absolute Gasteiger partial charge is 0.462 e. The minimum Gasteiger partial charge on any atom is -0.462 e. The summed E-state index contributed by atoms with van der Waals surface area (Å²) in [6.07, 6.45) is 89.3. The molecule has 0 rings (SSSR count). The second-order valence-electron chi connectivity index (χ2n) is 25.9. The number of hydrogen-bond donors (Lipinski definition) is 0. The summed E-state index contributed by atoms with van der Waals surface area (Å²) in [4.78, 5) is 38.6. The van der Waals surface area contributed by atoms with E-state index < -0.39 is 6.10 Å². The number of hydrogen-bond acceptors (Lipinski definition) is 6. The van der Waals surface area contributed by atoms with E-state index in [9.17, 15) is 14.4 Å². The van der Waals surface area contributed by atoms with Crippen LogP contribution in [0.1, 0.15) is 432 Å². The number of unbranched alkanes of at least 4 members (excludes halogenated alkanes) is 56. The molecule has 6 heteroatoms. The maximum Gasteiger partial charge on any atom is 0.306 e. The molecule has 0 heterocycles. The van der Waals surface area contributed by atoms with Gasteiger partial charge in [-0.15, -0.1) is 0 Å². The molecular formula is C77H146O6. The standard InChI is InChI=1S/C77H146O6/c1-4-7-10-13-16-19-22-25-28-31-34-37-38-41-43-46-49-52-55-58-61-64-67-70-76(79)82-73-74(83-77(80)71-68-65-62-59-56-53-50-47-44-40-36-33-30-27-24-21-18-15-12-9-6-3)72-81-75(78)69-66-63-60-57-54-51-48-45-42-39-35-32-29-26-23-20-17-14-11-8-5-2/h31,33-34,36,74H,4-30,32,35,37-73H2,1-3H3/b34-31-,36-33-. The molecule has 0 aromatic heterocycles. The first-order chi connectivity index (χ1) is 41.0. The van der Waals surface area contributed by atoms with Crippen LogP contribution in [0.2, 0.25) is 0 Å². The number of allylic oxidation sites excluding steroid dienone is 4. The lowest BCUT2D eigenvalue weighted by molar-refractivity contribution is -0.167. The van der Waals surface area contributed by atoms with Gasteiger partial charge >= 0.3 is 17.9 Å². The fourth-order valence-corrected chi connectivity index (χ4v) is 11.7. The Morgan fingerprint density at radius 2 is 0.398 bits per heavy atom. The highest BCUT2D eigenvalue weighted by atomic mass is 16.6. The lowest BCUT2D eigenvalue weighted by Crippen LogP contribution is -2.30. The van der Waals surface area contributed by atoms with Crippen molar-refractivity contribution in [2.24, 2.45) is 0 Å². The molecule has 0 saturated carbocycles. The van der Waals surface area contributed by atoms with Gasteiger partial charge in [0, 0.05) is 19.3 Å². The van der Waals surface area contributed by atoms with E-state index in [2.05, 4.69) is 45.1 Å². The summed E-state index contributed by atoms with van der Waals surface area (Å²) in [6, 6.07) is 0. The van der Waals surface area contributed by atoms with E-state index in [0.717, 1.165) is 57.8 Å². The van der Waals surface area contributed by atoms with Gasteiger partial charge in [0.25, 0.3) is 0 Å². The monoisotopic (exact) mass is 1170 g/mol. The van der Waals surface area contributed by atoms with Crippen LogP contribution in [0.3, 0.4) is 0 Å². The highest BCUT2D eigenvalue weighted by Gasteiger charge is 2.20. The first-order valence-electron chi connectivity index (χ1n) is 37.8. The van der Waals surface area contributed by atoms with Gasteiger partial charge in [-0.25, -0.2) is 0 Å². The number of rotatable bonds is 71. The molecule has 0 radical (unpaired) electrons. The zero-order valence-corrected chi connectivity index (χ0v) is 56.5. The minimum atomic E-state index is -0.772. The van der Waals surface area contributed by atoms with Gasteiger partial charge < -0.3 is 14.2 Å². The molecule has 0 aliphatic heterocycles. The fraction of sp³-hybridized carbons (Fsp3) is 0.909. The second-order valence-corrected chi connectivity index (χ2v) is 25.9. The van der Waals surface area contributed by atoms with Gasteiger partial charge in [0.2, 0.25) is 0 Å². The van der Waals surface area contributed by atoms with Crippen LogP contribution >= 0.6 is 0 Å². The van der Waals surface area contributed by atoms with Crippen LogP contribution in [0.15, 0.2) is 24.3 Å². The molecule has 1 atom stereocenters. The molecule has 0 spiro atoms. The number of carbonyl (C=O) groups excluding carboxylic acids is 3. The van der Waals surface area contributed by atoms with Crippen LogP contribution in [-0.2, 0) is 28.6 Å². The summed E-state index contributed by atoms with van der Waals surface area (Å²) in [6.45, 7) is 6.74. The summed E-state index contributed by atoms with van der Waals surface area (Å²) in [5.41, 5.74) is 0. The lowest BCUT2D eigenvalue weighted by atomic mass is 10.0. The molecule has 0 fully saturated rings. The van der Waals surface area contributed by atoms with Crippen molar-refractivity contribution in [3.05, 3.63) is 24.3 Å². The van der Waals surface area contributed by atoms with Gasteiger partial charge in [-0.2, -0.15) is 0 Å². The van der Waals surface area contributed by atoms with Gasteiger partial charge in [0.1, 0.15) is 13.2 Å². The van der Waals surface area contributed by atoms with Crippen molar-refractivity contribution in [2.75, 3.05) is 13.2 Å². The van der Waals surface area contributed by atoms with Crippen molar-refractivity contribution in [1.82, 2.24) is 0 Å². The van der Waals surface area contributed by atoms with Crippen LogP contribution in [0.25, 0.3) is 0 Å². The van der Waals surface area contributed by atoms with Crippen LogP contribution in [0.4, 0.5) is 0 Å². The first-order valence-corrected chi connectivity index (χ1v) is 37.8. The maximum absolute atomic E-state index is 13.0. The third kappa shape index (κ3) is 70.5. The maximum atomic E-state index is 13.0. The van der Waals surface area contributed by atoms with Gasteiger partial charge in [0.05, 0.1) is 0 Å². The van der Waals surface area contributed by atoms with Crippen LogP contribution < -0.4 is 0 Å². The predicted octanol–water partition coefficient (Wildman–Crippen LogP) is 26.1. The Kier molecular flexibility index (Phi) is 70.5. The smallest absolute Gasteiger partial charge is 0.306 e. The molecule has 1 unspecified atom stereocenters. The molecule has 6 nitrogen and oxygen atoms in total. The minimum absolute atomic E-state index is 0.0660. The van der Waals surface area contributed by atoms with Crippen molar-refractivity contribution >= 4 is 17.9 Å². The first kappa shape index (κ1) is 80.9. The third-order valence-corrected chi connectivity index (χ3v) is 17.4. The van der Waals surface area contributed by atoms with E-state index in [-0.39, 0.29) is 31.1 Å². The van der Waals surface area contributed by atoms with E-state index in [4.69, 9.17) is 14.2 Å². The topological polar surface area (TPSA) is 78.9 Å². The van der Waals surface area contributed by atoms with Crippen LogP contribution in [-0.4, -0.2) is 37.2 Å². The predicted molar refractivity (Wildman–Crippen MR) is 363 cm³/mol. The molecule has 0 aliphatic carbocycles. The Hall–Kier alpha value is -2.11. The van der Waals surface area contributed by atoms with Gasteiger partial charge in [-0.05, 0) is 70.6 Å². The van der Waals surface area contributed by atoms with E-state index >= 15 is 0 Å². The van der Waals surface area contributed by atoms with Crippen molar-refractivity contribution in [3.8, 4) is 0 Å². The van der Waals surface area contributed by atoms with Gasteiger partial charge in [0.15, 0.2) is 6.10 Å². The molecule has 0 amide bonds. The Balaban J connectivity index is 4.30. The molecule has 0 aromatic carbocycles. The Labute approximate surface area is 519 Å². The van der Waals surface area contributed by atoms with Crippen molar-refractivity contribution in [2.45, 2.75) is 438 Å². The summed E-state index contributed by atoms with van der Waals surface area (Å²) in [7, 11) is 0. The molecule has 0 N–H and O–H groups in total. The molecule has 0 bridgehead atoms. The Bertz CT molecular complexity index is 1340. The van der Waals surface area contributed by atoms with Gasteiger partial charge in [-0.1, -0.05) is 366 Å². The Morgan fingerprint density at radius 3 is 0.602 bits per heavy atom. The summed E-state index contributed by atoms with van der Waals surface area (Å²) in [5, 5.41) is 0. The summed E-state index contributed by atoms with van der Waals surface area (Å²) < 4.78 is 17.1. The summed E-state index contributed by atoms with van der Waals surface area (Å²) >= 11 is 0. The van der Waals surface area contributed by atoms with Gasteiger partial charge in [-0.3, -0.25) is 14.4 Å². The normalized spacial score (nSPS) is 12.1. The molecule has 0 aliphatic rings. The number of esters is 3. The van der Waals surface area contributed by atoms with E-state index in [1.807, 2.05) is 0 Å². The molecule has 83 heavy (non-hydrogen) atoms. The van der Waals surface area contributed by atoms with E-state index in [1.165, 1.54) is 334 Å². The zero-order valence-electron chi connectivity index (χ0n) is 56.5. The van der Waals surface area contributed by atoms with Crippen LogP contribution in [0, 0.1) is 0 Å². The summed E-state index contributed by atoms with van der Waals surface area (Å²) in [5.74, 6) is -0.832. The van der Waals surface area contributed by atoms with Crippen molar-refractivity contribution in [3.63, 3.8) is 0 Å². The Morgan fingerprint density at radius 1 is 0.229 bits per heavy atom.